The van der Waals surface area contributed by atoms with Crippen molar-refractivity contribution in [1.29, 1.82) is 0 Å². The van der Waals surface area contributed by atoms with Crippen LogP contribution in [0.2, 0.25) is 0 Å². The predicted octanol–water partition coefficient (Wildman–Crippen LogP) is 4.12. The van der Waals surface area contributed by atoms with Crippen molar-refractivity contribution in [3.05, 3.63) is 50.1 Å². The second kappa shape index (κ2) is 7.45. The van der Waals surface area contributed by atoms with Crippen LogP contribution in [0.5, 0.6) is 0 Å². The van der Waals surface area contributed by atoms with Gasteiger partial charge in [0.2, 0.25) is 5.52 Å². The number of nitrogens with zero attached hydrogens (tertiary/aromatic N) is 1. The van der Waals surface area contributed by atoms with Gasteiger partial charge in [-0.25, -0.2) is 8.42 Å². The Labute approximate surface area is 157 Å². The van der Waals surface area contributed by atoms with Crippen molar-refractivity contribution in [2.45, 2.75) is 13.0 Å². The second-order valence-corrected chi connectivity index (χ2v) is 9.62. The van der Waals surface area contributed by atoms with Gasteiger partial charge in [-0.1, -0.05) is 23.5 Å². The average Bonchev–Trinajstić information content (AvgIpc) is 3.08. The Morgan fingerprint density at radius 1 is 1.25 bits per heavy atom. The van der Waals surface area contributed by atoms with Crippen LogP contribution < -0.4 is 4.57 Å². The fourth-order valence-corrected chi connectivity index (χ4v) is 5.29. The molecule has 1 aromatic carbocycles. The molecular formula is C16H14BrNO3S3. The van der Waals surface area contributed by atoms with Gasteiger partial charge in [0.15, 0.2) is 6.54 Å². The third-order valence-electron chi connectivity index (χ3n) is 3.39. The summed E-state index contributed by atoms with van der Waals surface area (Å²) in [7, 11) is -4.18. The van der Waals surface area contributed by atoms with Crippen LogP contribution in [-0.4, -0.2) is 18.7 Å². The lowest BCUT2D eigenvalue weighted by atomic mass is 10.3. The van der Waals surface area contributed by atoms with E-state index in [0.29, 0.717) is 13.0 Å². The molecule has 0 unspecified atom stereocenters. The number of aryl methyl sites for hydroxylation is 1. The third-order valence-corrected chi connectivity index (χ3v) is 6.97. The highest BCUT2D eigenvalue weighted by molar-refractivity contribution is 9.10. The van der Waals surface area contributed by atoms with Gasteiger partial charge < -0.3 is 4.55 Å². The van der Waals surface area contributed by atoms with E-state index in [0.717, 1.165) is 24.6 Å². The lowest BCUT2D eigenvalue weighted by molar-refractivity contribution is -0.668. The first-order chi connectivity index (χ1) is 11.4. The van der Waals surface area contributed by atoms with Crippen molar-refractivity contribution in [3.8, 4) is 0 Å². The lowest BCUT2D eigenvalue weighted by Crippen LogP contribution is -2.35. The number of thiophene rings is 1. The number of halogens is 1. The Bertz CT molecular complexity index is 989. The quantitative estimate of drug-likeness (QED) is 0.425. The summed E-state index contributed by atoms with van der Waals surface area (Å²) in [4.78, 5) is 1.13. The molecule has 0 aliphatic carbocycles. The molecule has 0 atom stereocenters. The van der Waals surface area contributed by atoms with Gasteiger partial charge in [-0.05, 0) is 34.1 Å². The maximum Gasteiger partial charge on any atom is 0.262 e. The molecule has 0 fully saturated rings. The Kier molecular flexibility index (Phi) is 5.51. The number of fused-ring (bicyclic) bond motifs is 1. The summed E-state index contributed by atoms with van der Waals surface area (Å²) in [5.41, 5.74) is 1.05. The largest absolute Gasteiger partial charge is 0.748 e. The van der Waals surface area contributed by atoms with E-state index in [9.17, 15) is 13.0 Å². The van der Waals surface area contributed by atoms with Gasteiger partial charge in [0.1, 0.15) is 4.70 Å². The first-order valence-corrected chi connectivity index (χ1v) is 11.3. The van der Waals surface area contributed by atoms with E-state index in [-0.39, 0.29) is 5.75 Å². The fourth-order valence-electron chi connectivity index (χ4n) is 2.38. The molecule has 0 N–H and O–H groups in total. The average molecular weight is 444 g/mol. The van der Waals surface area contributed by atoms with E-state index in [1.807, 2.05) is 47.9 Å². The van der Waals surface area contributed by atoms with Crippen LogP contribution >= 0.6 is 38.6 Å². The van der Waals surface area contributed by atoms with Crippen LogP contribution in [0.1, 0.15) is 16.3 Å². The van der Waals surface area contributed by atoms with Gasteiger partial charge in [0.05, 0.1) is 10.1 Å². The minimum Gasteiger partial charge on any atom is -0.748 e. The summed E-state index contributed by atoms with van der Waals surface area (Å²) in [6, 6.07) is 10.0. The molecule has 24 heavy (non-hydrogen) atoms. The van der Waals surface area contributed by atoms with Crippen molar-refractivity contribution in [2.75, 3.05) is 5.75 Å². The second-order valence-electron chi connectivity index (χ2n) is 5.18. The minimum atomic E-state index is -4.18. The Morgan fingerprint density at radius 2 is 2.04 bits per heavy atom. The molecule has 0 bridgehead atoms. The molecule has 0 spiro atoms. The van der Waals surface area contributed by atoms with Crippen LogP contribution in [0, 0.1) is 0 Å². The molecule has 0 saturated heterocycles. The summed E-state index contributed by atoms with van der Waals surface area (Å²) in [5.74, 6) is -0.342. The van der Waals surface area contributed by atoms with E-state index in [1.165, 1.54) is 0 Å². The number of thiazole rings is 1. The number of benzene rings is 1. The number of hydrogen-bond donors (Lipinski definition) is 0. The molecule has 0 aliphatic rings. The molecule has 8 heteroatoms. The van der Waals surface area contributed by atoms with Gasteiger partial charge in [0, 0.05) is 39.0 Å². The summed E-state index contributed by atoms with van der Waals surface area (Å²) in [6.07, 6.45) is 4.39. The molecule has 126 valence electrons. The van der Waals surface area contributed by atoms with Gasteiger partial charge in [0.25, 0.3) is 5.01 Å². The number of rotatable bonds is 6. The normalized spacial score (nSPS) is 12.4. The van der Waals surface area contributed by atoms with E-state index >= 15 is 0 Å². The summed E-state index contributed by atoms with van der Waals surface area (Å²) in [6.45, 7) is 0.499. The van der Waals surface area contributed by atoms with Crippen molar-refractivity contribution in [2.24, 2.45) is 0 Å². The van der Waals surface area contributed by atoms with Crippen molar-refractivity contribution in [3.63, 3.8) is 0 Å². The Balaban J connectivity index is 1.91. The van der Waals surface area contributed by atoms with Crippen molar-refractivity contribution >= 4 is 71.1 Å². The zero-order valence-electron chi connectivity index (χ0n) is 12.5. The highest BCUT2D eigenvalue weighted by Crippen LogP contribution is 2.25. The first-order valence-electron chi connectivity index (χ1n) is 7.19. The van der Waals surface area contributed by atoms with E-state index in [4.69, 9.17) is 0 Å². The first kappa shape index (κ1) is 17.8. The molecule has 0 radical (unpaired) electrons. The monoisotopic (exact) mass is 443 g/mol. The highest BCUT2D eigenvalue weighted by atomic mass is 79.9. The molecule has 4 nitrogen and oxygen atoms in total. The fraction of sp³-hybridized carbons (Fsp3) is 0.188. The maximum atomic E-state index is 10.8. The van der Waals surface area contributed by atoms with E-state index < -0.39 is 10.1 Å². The zero-order chi connectivity index (χ0) is 17.2. The van der Waals surface area contributed by atoms with Crippen molar-refractivity contribution < 1.29 is 17.5 Å². The SMILES string of the molecule is O=S(=O)([O-])CCC[n+]1c(/C=C/c2cc(Br)cs2)sc2ccccc21. The van der Waals surface area contributed by atoms with Gasteiger partial charge in [-0.2, -0.15) is 4.57 Å². The molecule has 2 aromatic heterocycles. The van der Waals surface area contributed by atoms with Gasteiger partial charge in [-0.15, -0.1) is 11.3 Å². The number of hydrogen-bond acceptors (Lipinski definition) is 5. The minimum absolute atomic E-state index is 0.308. The van der Waals surface area contributed by atoms with Crippen LogP contribution in [0.15, 0.2) is 40.2 Å². The van der Waals surface area contributed by atoms with Crippen molar-refractivity contribution in [1.82, 2.24) is 0 Å². The molecule has 0 aliphatic heterocycles. The van der Waals surface area contributed by atoms with E-state index in [2.05, 4.69) is 20.5 Å². The summed E-state index contributed by atoms with van der Waals surface area (Å²) < 4.78 is 36.8. The molecule has 3 aromatic rings. The molecule has 0 amide bonds. The van der Waals surface area contributed by atoms with Crippen LogP contribution in [0.25, 0.3) is 22.4 Å². The predicted molar refractivity (Wildman–Crippen MR) is 102 cm³/mol. The zero-order valence-corrected chi connectivity index (χ0v) is 16.6. The van der Waals surface area contributed by atoms with Crippen LogP contribution in [0.4, 0.5) is 0 Å². The number of para-hydroxylation sites is 1. The smallest absolute Gasteiger partial charge is 0.262 e. The summed E-state index contributed by atoms with van der Waals surface area (Å²) >= 11 is 6.73. The molecule has 3 rings (SSSR count). The van der Waals surface area contributed by atoms with Crippen LogP contribution in [0.3, 0.4) is 0 Å². The molecule has 0 saturated carbocycles. The van der Waals surface area contributed by atoms with Gasteiger partial charge in [-0.3, -0.25) is 0 Å². The Hall–Kier alpha value is -1.06. The molecule has 2 heterocycles. The lowest BCUT2D eigenvalue weighted by Gasteiger charge is -2.04. The molecular weight excluding hydrogens is 430 g/mol. The highest BCUT2D eigenvalue weighted by Gasteiger charge is 2.18. The van der Waals surface area contributed by atoms with Crippen LogP contribution in [-0.2, 0) is 16.7 Å². The summed E-state index contributed by atoms with van der Waals surface area (Å²) in [5, 5.41) is 3.06. The maximum absolute atomic E-state index is 10.8. The Morgan fingerprint density at radius 3 is 2.75 bits per heavy atom. The number of aromatic nitrogens is 1. The van der Waals surface area contributed by atoms with E-state index in [1.54, 1.807) is 22.7 Å². The van der Waals surface area contributed by atoms with Gasteiger partial charge >= 0.3 is 0 Å². The topological polar surface area (TPSA) is 61.1 Å². The standard InChI is InChI=1S/C16H14BrNO3S3/c17-12-10-13(22-11-12)6-7-16-18(8-3-9-24(19,20)21)14-4-1-2-5-15(14)23-16/h1-2,4-7,10-11H,3,8-9H2/b7-6+. The third kappa shape index (κ3) is 4.52.